The number of benzene rings is 1. The van der Waals surface area contributed by atoms with E-state index >= 15 is 0 Å². The molecule has 10 heavy (non-hydrogen) atoms. The van der Waals surface area contributed by atoms with Crippen LogP contribution in [0.3, 0.4) is 0 Å². The van der Waals surface area contributed by atoms with Gasteiger partial charge in [-0.3, -0.25) is 0 Å². The van der Waals surface area contributed by atoms with Crippen LogP contribution in [0.5, 0.6) is 0 Å². The van der Waals surface area contributed by atoms with Gasteiger partial charge in [-0.1, -0.05) is 30.4 Å². The molecule has 52 valence electrons. The van der Waals surface area contributed by atoms with Gasteiger partial charge >= 0.3 is 0 Å². The van der Waals surface area contributed by atoms with Crippen LogP contribution in [0, 0.1) is 3.57 Å². The molecule has 0 saturated carbocycles. The highest BCUT2D eigenvalue weighted by Gasteiger charge is 1.89. The van der Waals surface area contributed by atoms with Crippen molar-refractivity contribution in [3.8, 4) is 0 Å². The maximum atomic E-state index is 2.33. The van der Waals surface area contributed by atoms with Gasteiger partial charge in [0.1, 0.15) is 0 Å². The molecule has 0 amide bonds. The molecule has 1 heteroatoms. The second-order valence-electron chi connectivity index (χ2n) is 2.02. The third-order valence-electron chi connectivity index (χ3n) is 1.25. The Labute approximate surface area is 75.1 Å². The summed E-state index contributed by atoms with van der Waals surface area (Å²) in [5, 5.41) is 0. The van der Waals surface area contributed by atoms with E-state index in [-0.39, 0.29) is 0 Å². The summed E-state index contributed by atoms with van der Waals surface area (Å²) in [5.41, 5.74) is 1.30. The summed E-state index contributed by atoms with van der Waals surface area (Å²) < 4.78 is 1.30. The zero-order valence-corrected chi connectivity index (χ0v) is 8.00. The fourth-order valence-electron chi connectivity index (χ4n) is 0.790. The molecule has 0 aliphatic carbocycles. The number of allylic oxidation sites excluding steroid dienone is 1. The number of rotatable bonds is 1. The van der Waals surface area contributed by atoms with Gasteiger partial charge in [-0.05, 0) is 41.1 Å². The second kappa shape index (κ2) is 3.76. The Morgan fingerprint density at radius 3 is 2.60 bits per heavy atom. The highest BCUT2D eigenvalue weighted by molar-refractivity contribution is 14.1. The fourth-order valence-corrected chi connectivity index (χ4v) is 1.36. The van der Waals surface area contributed by atoms with E-state index in [2.05, 4.69) is 59.0 Å². The molecule has 0 nitrogen and oxygen atoms in total. The molecule has 0 atom stereocenters. The molecule has 0 aliphatic rings. The lowest BCUT2D eigenvalue weighted by atomic mass is 10.2. The Bertz CT molecular complexity index is 238. The van der Waals surface area contributed by atoms with E-state index in [9.17, 15) is 0 Å². The van der Waals surface area contributed by atoms with Crippen LogP contribution >= 0.6 is 22.6 Å². The Kier molecular flexibility index (Phi) is 2.93. The van der Waals surface area contributed by atoms with Crippen LogP contribution < -0.4 is 0 Å². The predicted molar refractivity (Wildman–Crippen MR) is 53.9 cm³/mol. The summed E-state index contributed by atoms with van der Waals surface area (Å²) in [6.07, 6.45) is 4.17. The van der Waals surface area contributed by atoms with Crippen molar-refractivity contribution in [2.24, 2.45) is 0 Å². The molecule has 0 saturated heterocycles. The molecule has 0 unspecified atom stereocenters. The van der Waals surface area contributed by atoms with Crippen molar-refractivity contribution in [1.29, 1.82) is 0 Å². The second-order valence-corrected chi connectivity index (χ2v) is 3.18. The molecule has 0 aromatic heterocycles. The Hall–Kier alpha value is -0.310. The SMILES string of the molecule is CC=Cc1ccccc1I. The van der Waals surface area contributed by atoms with Crippen LogP contribution in [-0.2, 0) is 0 Å². The molecule has 0 spiro atoms. The molecular formula is C9H9I. The fraction of sp³-hybridized carbons (Fsp3) is 0.111. The first-order valence-corrected chi connectivity index (χ1v) is 4.29. The average Bonchev–Trinajstić information content (AvgIpc) is 1.94. The monoisotopic (exact) mass is 244 g/mol. The van der Waals surface area contributed by atoms with Crippen molar-refractivity contribution >= 4 is 28.7 Å². The van der Waals surface area contributed by atoms with E-state index < -0.39 is 0 Å². The van der Waals surface area contributed by atoms with Crippen LogP contribution in [0.2, 0.25) is 0 Å². The van der Waals surface area contributed by atoms with E-state index in [1.165, 1.54) is 9.13 Å². The molecule has 1 rings (SSSR count). The largest absolute Gasteiger partial charge is 0.0870 e. The van der Waals surface area contributed by atoms with Gasteiger partial charge in [0.2, 0.25) is 0 Å². The van der Waals surface area contributed by atoms with Gasteiger partial charge in [-0.15, -0.1) is 0 Å². The predicted octanol–water partition coefficient (Wildman–Crippen LogP) is 3.32. The lowest BCUT2D eigenvalue weighted by molar-refractivity contribution is 1.59. The van der Waals surface area contributed by atoms with Crippen molar-refractivity contribution < 1.29 is 0 Å². The molecule has 1 aromatic carbocycles. The van der Waals surface area contributed by atoms with Crippen molar-refractivity contribution in [1.82, 2.24) is 0 Å². The van der Waals surface area contributed by atoms with Crippen LogP contribution in [0.4, 0.5) is 0 Å². The quantitative estimate of drug-likeness (QED) is 0.664. The smallest absolute Gasteiger partial charge is 0.0202 e. The van der Waals surface area contributed by atoms with Crippen LogP contribution in [-0.4, -0.2) is 0 Å². The maximum Gasteiger partial charge on any atom is 0.0202 e. The minimum atomic E-state index is 1.30. The Morgan fingerprint density at radius 2 is 2.00 bits per heavy atom. The zero-order chi connectivity index (χ0) is 7.40. The molecule has 0 radical (unpaired) electrons. The highest BCUT2D eigenvalue weighted by Crippen LogP contribution is 2.12. The standard InChI is InChI=1S/C9H9I/c1-2-5-8-6-3-4-7-9(8)10/h2-7H,1H3. The molecule has 0 heterocycles. The van der Waals surface area contributed by atoms with Crippen molar-refractivity contribution in [2.75, 3.05) is 0 Å². The lowest BCUT2D eigenvalue weighted by Crippen LogP contribution is -1.75. The van der Waals surface area contributed by atoms with Gasteiger partial charge < -0.3 is 0 Å². The highest BCUT2D eigenvalue weighted by atomic mass is 127. The van der Waals surface area contributed by atoms with Crippen molar-refractivity contribution in [3.05, 3.63) is 39.5 Å². The first-order valence-electron chi connectivity index (χ1n) is 3.22. The number of hydrogen-bond acceptors (Lipinski definition) is 0. The van der Waals surface area contributed by atoms with Crippen LogP contribution in [0.1, 0.15) is 12.5 Å². The van der Waals surface area contributed by atoms with Crippen molar-refractivity contribution in [2.45, 2.75) is 6.92 Å². The van der Waals surface area contributed by atoms with E-state index in [0.29, 0.717) is 0 Å². The summed E-state index contributed by atoms with van der Waals surface area (Å²) >= 11 is 2.33. The Morgan fingerprint density at radius 1 is 1.30 bits per heavy atom. The lowest BCUT2D eigenvalue weighted by Gasteiger charge is -1.94. The van der Waals surface area contributed by atoms with Crippen LogP contribution in [0.25, 0.3) is 6.08 Å². The molecule has 0 bridgehead atoms. The minimum Gasteiger partial charge on any atom is -0.0870 e. The van der Waals surface area contributed by atoms with Gasteiger partial charge in [0.15, 0.2) is 0 Å². The Balaban J connectivity index is 3.03. The van der Waals surface area contributed by atoms with E-state index in [1.807, 2.05) is 6.92 Å². The summed E-state index contributed by atoms with van der Waals surface area (Å²) in [6.45, 7) is 2.03. The average molecular weight is 244 g/mol. The van der Waals surface area contributed by atoms with Gasteiger partial charge in [0, 0.05) is 3.57 Å². The topological polar surface area (TPSA) is 0 Å². The van der Waals surface area contributed by atoms with Crippen molar-refractivity contribution in [3.63, 3.8) is 0 Å². The van der Waals surface area contributed by atoms with Gasteiger partial charge in [0.05, 0.1) is 0 Å². The summed E-state index contributed by atoms with van der Waals surface area (Å²) in [7, 11) is 0. The maximum absolute atomic E-state index is 2.33. The normalized spacial score (nSPS) is 10.6. The third kappa shape index (κ3) is 1.84. The van der Waals surface area contributed by atoms with E-state index in [0.717, 1.165) is 0 Å². The molecule has 0 N–H and O–H groups in total. The van der Waals surface area contributed by atoms with E-state index in [4.69, 9.17) is 0 Å². The van der Waals surface area contributed by atoms with Crippen LogP contribution in [0.15, 0.2) is 30.3 Å². The summed E-state index contributed by atoms with van der Waals surface area (Å²) in [6, 6.07) is 8.32. The zero-order valence-electron chi connectivity index (χ0n) is 5.84. The molecular weight excluding hydrogens is 235 g/mol. The number of hydrogen-bond donors (Lipinski definition) is 0. The van der Waals surface area contributed by atoms with Gasteiger partial charge in [-0.25, -0.2) is 0 Å². The molecule has 1 aromatic rings. The van der Waals surface area contributed by atoms with Gasteiger partial charge in [-0.2, -0.15) is 0 Å². The van der Waals surface area contributed by atoms with E-state index in [1.54, 1.807) is 0 Å². The first-order chi connectivity index (χ1) is 4.84. The number of halogens is 1. The molecule has 0 aliphatic heterocycles. The third-order valence-corrected chi connectivity index (χ3v) is 2.23. The van der Waals surface area contributed by atoms with Gasteiger partial charge in [0.25, 0.3) is 0 Å². The summed E-state index contributed by atoms with van der Waals surface area (Å²) in [5.74, 6) is 0. The molecule has 0 fully saturated rings. The minimum absolute atomic E-state index is 1.30. The first kappa shape index (κ1) is 7.79. The summed E-state index contributed by atoms with van der Waals surface area (Å²) in [4.78, 5) is 0.